The van der Waals surface area contributed by atoms with Crippen molar-refractivity contribution in [1.82, 2.24) is 9.88 Å². The zero-order chi connectivity index (χ0) is 15.5. The first kappa shape index (κ1) is 15.2. The fourth-order valence-corrected chi connectivity index (χ4v) is 3.95. The smallest absolute Gasteiger partial charge is 0.222 e. The lowest BCUT2D eigenvalue weighted by molar-refractivity contribution is -0.130. The van der Waals surface area contributed by atoms with Gasteiger partial charge in [0.2, 0.25) is 5.91 Å². The quantitative estimate of drug-likeness (QED) is 0.845. The van der Waals surface area contributed by atoms with Crippen LogP contribution in [0.1, 0.15) is 40.5 Å². The van der Waals surface area contributed by atoms with E-state index < -0.39 is 0 Å². The minimum absolute atomic E-state index is 0.254. The van der Waals surface area contributed by atoms with Gasteiger partial charge in [-0.15, -0.1) is 11.3 Å². The van der Waals surface area contributed by atoms with Crippen molar-refractivity contribution in [3.63, 3.8) is 0 Å². The summed E-state index contributed by atoms with van der Waals surface area (Å²) in [5.41, 5.74) is 5.77. The topological polar surface area (TPSA) is 33.2 Å². The molecule has 3 nitrogen and oxygen atoms in total. The van der Waals surface area contributed by atoms with Crippen molar-refractivity contribution in [2.45, 2.75) is 38.5 Å². The van der Waals surface area contributed by atoms with Crippen LogP contribution in [0.3, 0.4) is 0 Å². The SMILES string of the molecule is Cc1ncsc1CCN(C)C(=O)CC1CCc2ccccc21. The summed E-state index contributed by atoms with van der Waals surface area (Å²) in [7, 11) is 1.92. The first-order valence-corrected chi connectivity index (χ1v) is 8.74. The Balaban J connectivity index is 1.55. The van der Waals surface area contributed by atoms with E-state index in [4.69, 9.17) is 0 Å². The van der Waals surface area contributed by atoms with Gasteiger partial charge in [0, 0.05) is 31.3 Å². The predicted octanol–water partition coefficient (Wildman–Crippen LogP) is 3.57. The molecule has 0 fully saturated rings. The van der Waals surface area contributed by atoms with Crippen LogP contribution < -0.4 is 0 Å². The lowest BCUT2D eigenvalue weighted by Gasteiger charge is -2.19. The number of likely N-dealkylation sites (N-methyl/N-ethyl adjacent to an activating group) is 1. The Bertz CT molecular complexity index is 665. The number of hydrogen-bond acceptors (Lipinski definition) is 3. The summed E-state index contributed by atoms with van der Waals surface area (Å²) < 4.78 is 0. The van der Waals surface area contributed by atoms with Gasteiger partial charge >= 0.3 is 0 Å². The van der Waals surface area contributed by atoms with E-state index in [0.717, 1.165) is 31.5 Å². The molecule has 0 spiro atoms. The fourth-order valence-electron chi connectivity index (χ4n) is 3.18. The molecule has 1 atom stereocenters. The number of carbonyl (C=O) groups excluding carboxylic acids is 1. The lowest BCUT2D eigenvalue weighted by atomic mass is 9.97. The highest BCUT2D eigenvalue weighted by Gasteiger charge is 2.25. The van der Waals surface area contributed by atoms with Gasteiger partial charge in [-0.3, -0.25) is 4.79 Å². The van der Waals surface area contributed by atoms with Crippen LogP contribution in [0.4, 0.5) is 0 Å². The molecule has 2 aromatic rings. The first-order valence-electron chi connectivity index (χ1n) is 7.86. The summed E-state index contributed by atoms with van der Waals surface area (Å²) in [6.07, 6.45) is 3.75. The van der Waals surface area contributed by atoms with Crippen molar-refractivity contribution in [3.8, 4) is 0 Å². The molecule has 1 aliphatic carbocycles. The second-order valence-electron chi connectivity index (χ2n) is 6.06. The zero-order valence-corrected chi connectivity index (χ0v) is 14.0. The van der Waals surface area contributed by atoms with Gasteiger partial charge in [0.1, 0.15) is 0 Å². The van der Waals surface area contributed by atoms with Crippen LogP contribution in [0.2, 0.25) is 0 Å². The third-order valence-corrected chi connectivity index (χ3v) is 5.62. The third kappa shape index (κ3) is 3.22. The molecule has 0 aliphatic heterocycles. The number of thiazole rings is 1. The van der Waals surface area contributed by atoms with E-state index in [0.29, 0.717) is 12.3 Å². The van der Waals surface area contributed by atoms with E-state index in [2.05, 4.69) is 29.2 Å². The van der Waals surface area contributed by atoms with Crippen LogP contribution in [0.15, 0.2) is 29.8 Å². The summed E-state index contributed by atoms with van der Waals surface area (Å²) >= 11 is 1.68. The Morgan fingerprint density at radius 1 is 1.41 bits per heavy atom. The number of aromatic nitrogens is 1. The van der Waals surface area contributed by atoms with Gasteiger partial charge in [-0.2, -0.15) is 0 Å². The standard InChI is InChI=1S/C18H22N2OS/c1-13-17(22-12-19-13)9-10-20(2)18(21)11-15-8-7-14-5-3-4-6-16(14)15/h3-6,12,15H,7-11H2,1-2H3. The number of fused-ring (bicyclic) bond motifs is 1. The van der Waals surface area contributed by atoms with Gasteiger partial charge in [-0.25, -0.2) is 4.98 Å². The summed E-state index contributed by atoms with van der Waals surface area (Å²) in [5.74, 6) is 0.653. The van der Waals surface area contributed by atoms with Crippen LogP contribution >= 0.6 is 11.3 Å². The third-order valence-electron chi connectivity index (χ3n) is 4.62. The number of amides is 1. The monoisotopic (exact) mass is 314 g/mol. The maximum absolute atomic E-state index is 12.5. The summed E-state index contributed by atoms with van der Waals surface area (Å²) in [6.45, 7) is 2.80. The Labute approximate surface area is 136 Å². The van der Waals surface area contributed by atoms with Crippen molar-refractivity contribution >= 4 is 17.2 Å². The van der Waals surface area contributed by atoms with Crippen LogP contribution in [0, 0.1) is 6.92 Å². The number of aryl methyl sites for hydroxylation is 2. The predicted molar refractivity (Wildman–Crippen MR) is 90.3 cm³/mol. The van der Waals surface area contributed by atoms with Crippen LogP contribution in [0.5, 0.6) is 0 Å². The van der Waals surface area contributed by atoms with E-state index in [1.807, 2.05) is 24.4 Å². The molecule has 116 valence electrons. The highest BCUT2D eigenvalue weighted by Crippen LogP contribution is 2.35. The van der Waals surface area contributed by atoms with Crippen molar-refractivity contribution in [2.75, 3.05) is 13.6 Å². The Kier molecular flexibility index (Phi) is 4.57. The van der Waals surface area contributed by atoms with E-state index in [1.54, 1.807) is 11.3 Å². The number of rotatable bonds is 5. The Morgan fingerprint density at radius 3 is 3.00 bits per heavy atom. The molecule has 0 N–H and O–H groups in total. The number of carbonyl (C=O) groups is 1. The Morgan fingerprint density at radius 2 is 2.23 bits per heavy atom. The van der Waals surface area contributed by atoms with E-state index >= 15 is 0 Å². The molecule has 1 unspecified atom stereocenters. The van der Waals surface area contributed by atoms with Crippen molar-refractivity contribution in [1.29, 1.82) is 0 Å². The molecule has 4 heteroatoms. The molecule has 1 aromatic carbocycles. The van der Waals surface area contributed by atoms with E-state index in [9.17, 15) is 4.79 Å². The fraction of sp³-hybridized carbons (Fsp3) is 0.444. The number of hydrogen-bond donors (Lipinski definition) is 0. The molecule has 0 saturated heterocycles. The average Bonchev–Trinajstić information content (AvgIpc) is 3.12. The van der Waals surface area contributed by atoms with Crippen molar-refractivity contribution in [3.05, 3.63) is 51.5 Å². The highest BCUT2D eigenvalue weighted by atomic mass is 32.1. The molecule has 1 amide bonds. The molecule has 1 heterocycles. The molecular weight excluding hydrogens is 292 g/mol. The van der Waals surface area contributed by atoms with Gasteiger partial charge < -0.3 is 4.90 Å². The second-order valence-corrected chi connectivity index (χ2v) is 7.00. The minimum Gasteiger partial charge on any atom is -0.345 e. The molecule has 0 saturated carbocycles. The van der Waals surface area contributed by atoms with Gasteiger partial charge in [0.25, 0.3) is 0 Å². The normalized spacial score (nSPS) is 16.5. The molecule has 1 aromatic heterocycles. The van der Waals surface area contributed by atoms with Crippen LogP contribution in [-0.4, -0.2) is 29.4 Å². The van der Waals surface area contributed by atoms with Crippen molar-refractivity contribution in [2.24, 2.45) is 0 Å². The average molecular weight is 314 g/mol. The molecule has 0 bridgehead atoms. The second kappa shape index (κ2) is 6.61. The first-order chi connectivity index (χ1) is 10.6. The van der Waals surface area contributed by atoms with Gasteiger partial charge in [0.05, 0.1) is 11.2 Å². The molecule has 3 rings (SSSR count). The van der Waals surface area contributed by atoms with Gasteiger partial charge in [-0.05, 0) is 36.8 Å². The summed E-state index contributed by atoms with van der Waals surface area (Å²) in [5, 5.41) is 0. The van der Waals surface area contributed by atoms with Gasteiger partial charge in [-0.1, -0.05) is 24.3 Å². The minimum atomic E-state index is 0.254. The molecule has 1 aliphatic rings. The summed E-state index contributed by atoms with van der Waals surface area (Å²) in [4.78, 5) is 19.9. The van der Waals surface area contributed by atoms with Crippen LogP contribution in [-0.2, 0) is 17.6 Å². The largest absolute Gasteiger partial charge is 0.345 e. The maximum atomic E-state index is 12.5. The highest BCUT2D eigenvalue weighted by molar-refractivity contribution is 7.09. The molecule has 0 radical (unpaired) electrons. The summed E-state index contributed by atoms with van der Waals surface area (Å²) in [6, 6.07) is 8.54. The lowest BCUT2D eigenvalue weighted by Crippen LogP contribution is -2.29. The molecular formula is C18H22N2OS. The Hall–Kier alpha value is -1.68. The number of nitrogens with zero attached hydrogens (tertiary/aromatic N) is 2. The maximum Gasteiger partial charge on any atom is 0.222 e. The zero-order valence-electron chi connectivity index (χ0n) is 13.2. The van der Waals surface area contributed by atoms with E-state index in [1.165, 1.54) is 16.0 Å². The van der Waals surface area contributed by atoms with Crippen LogP contribution in [0.25, 0.3) is 0 Å². The number of benzene rings is 1. The van der Waals surface area contributed by atoms with Gasteiger partial charge in [0.15, 0.2) is 0 Å². The molecule has 22 heavy (non-hydrogen) atoms. The van der Waals surface area contributed by atoms with E-state index in [-0.39, 0.29) is 5.91 Å². The van der Waals surface area contributed by atoms with Crippen molar-refractivity contribution < 1.29 is 4.79 Å².